The van der Waals surface area contributed by atoms with Gasteiger partial charge in [0.25, 0.3) is 11.8 Å². The lowest BCUT2D eigenvalue weighted by molar-refractivity contribution is 0.0926. The number of para-hydroxylation sites is 3. The minimum absolute atomic E-state index is 0.140. The van der Waals surface area contributed by atoms with Gasteiger partial charge in [-0.05, 0) is 89.0 Å². The Bertz CT molecular complexity index is 3650. The van der Waals surface area contributed by atoms with Crippen molar-refractivity contribution in [2.75, 3.05) is 4.90 Å². The molecule has 2 aromatic heterocycles. The van der Waals surface area contributed by atoms with Crippen LogP contribution in [-0.2, 0) is 11.8 Å². The molecule has 320 valence electrons. The Hall–Kier alpha value is -8.01. The van der Waals surface area contributed by atoms with Crippen molar-refractivity contribution >= 4 is 61.1 Å². The van der Waals surface area contributed by atoms with Crippen molar-refractivity contribution in [1.82, 2.24) is 9.13 Å². The third-order valence-corrected chi connectivity index (χ3v) is 13.5. The maximum Gasteiger partial charge on any atom is 0.266 e. The number of nitriles is 1. The Balaban J connectivity index is 1.23. The number of aromatic nitrogens is 2. The van der Waals surface area contributed by atoms with E-state index in [-0.39, 0.29) is 11.3 Å². The van der Waals surface area contributed by atoms with Gasteiger partial charge < -0.3 is 9.13 Å². The molecule has 0 unspecified atom stereocenters. The first-order valence-electron chi connectivity index (χ1n) is 23.0. The van der Waals surface area contributed by atoms with E-state index in [1.165, 1.54) is 16.0 Å². The second kappa shape index (κ2) is 15.9. The zero-order chi connectivity index (χ0) is 45.3. The van der Waals surface area contributed by atoms with Crippen LogP contribution in [0.3, 0.4) is 0 Å². The van der Waals surface area contributed by atoms with Gasteiger partial charge >= 0.3 is 0 Å². The van der Waals surface area contributed by atoms with Crippen LogP contribution in [0.2, 0.25) is 0 Å². The van der Waals surface area contributed by atoms with E-state index < -0.39 is 5.91 Å². The van der Waals surface area contributed by atoms with Gasteiger partial charge in [0, 0.05) is 32.7 Å². The van der Waals surface area contributed by atoms with E-state index in [2.05, 4.69) is 122 Å². The van der Waals surface area contributed by atoms with E-state index in [9.17, 15) is 10.1 Å². The molecule has 0 atom stereocenters. The Morgan fingerprint density at radius 3 is 1.82 bits per heavy atom. The van der Waals surface area contributed by atoms with Crippen LogP contribution in [0, 0.1) is 11.3 Å². The molecule has 0 saturated heterocycles. The number of hydrogen-bond donors (Lipinski definition) is 0. The fourth-order valence-electron chi connectivity index (χ4n) is 10.2. The molecule has 0 bridgehead atoms. The molecule has 11 rings (SSSR count). The molecular formula is C60H48N4O2. The predicted molar refractivity (Wildman–Crippen MR) is 270 cm³/mol. The summed E-state index contributed by atoms with van der Waals surface area (Å²) in [6, 6.07) is 59.9. The number of nitrogens with zero attached hydrogens (tertiary/aromatic N) is 4. The molecule has 1 aliphatic heterocycles. The maximum absolute atomic E-state index is 15.3. The molecule has 8 aromatic carbocycles. The zero-order valence-corrected chi connectivity index (χ0v) is 37.6. The standard InChI is InChI=1S/C60H48N4O2/c1-5-6-8-18-38-29-31-45-43-22-12-15-27-51(43)62(54(45)33-38)53-36-49(55(34-40(53)37-61)63-52-28-16-13-23-44(52)46-32-30-41(35-56(46)63)60(2,3)4)47-24-17-25-48-57(47)59(66)64(58(48)65)50-26-14-11-21-42(50)39-19-9-7-10-20-39/h7,9-17,19-36H,5-6,8,18H2,1-4H3. The Labute approximate surface area is 384 Å². The average molecular weight is 857 g/mol. The van der Waals surface area contributed by atoms with Gasteiger partial charge in [-0.2, -0.15) is 5.26 Å². The number of aryl methyl sites for hydroxylation is 1. The number of carbonyl (C=O) groups is 2. The van der Waals surface area contributed by atoms with Gasteiger partial charge in [0.2, 0.25) is 0 Å². The van der Waals surface area contributed by atoms with Gasteiger partial charge in [0.1, 0.15) is 6.07 Å². The van der Waals surface area contributed by atoms with Gasteiger partial charge in [0.05, 0.1) is 55.8 Å². The number of imide groups is 1. The van der Waals surface area contributed by atoms with Gasteiger partial charge in [-0.15, -0.1) is 0 Å². The lowest BCUT2D eigenvalue weighted by atomic mass is 9.86. The molecule has 0 saturated carbocycles. The predicted octanol–water partition coefficient (Wildman–Crippen LogP) is 14.9. The summed E-state index contributed by atoms with van der Waals surface area (Å²) >= 11 is 0. The summed E-state index contributed by atoms with van der Waals surface area (Å²) < 4.78 is 4.47. The fourth-order valence-corrected chi connectivity index (χ4v) is 10.2. The van der Waals surface area contributed by atoms with Crippen LogP contribution in [0.25, 0.3) is 77.2 Å². The topological polar surface area (TPSA) is 71.0 Å². The highest BCUT2D eigenvalue weighted by molar-refractivity contribution is 6.37. The highest BCUT2D eigenvalue weighted by Crippen LogP contribution is 2.45. The Morgan fingerprint density at radius 2 is 1.11 bits per heavy atom. The van der Waals surface area contributed by atoms with E-state index in [0.29, 0.717) is 33.6 Å². The molecule has 0 radical (unpaired) electrons. The second-order valence-electron chi connectivity index (χ2n) is 18.6. The van der Waals surface area contributed by atoms with Crippen LogP contribution in [-0.4, -0.2) is 20.9 Å². The second-order valence-corrected chi connectivity index (χ2v) is 18.6. The SMILES string of the molecule is CCCCCc1ccc2c3ccccc3n(-c3cc(-c4cccc5c4C(=O)N(c4ccccc4-c4ccccc4)C5=O)c(-n4c5ccccc5c5ccc(C(C)(C)C)cc54)cc3C#N)c2c1. The highest BCUT2D eigenvalue weighted by atomic mass is 16.2. The molecule has 6 heteroatoms. The van der Waals surface area contributed by atoms with Crippen molar-refractivity contribution in [3.63, 3.8) is 0 Å². The number of benzene rings is 8. The summed E-state index contributed by atoms with van der Waals surface area (Å²) in [7, 11) is 0. The Kier molecular flexibility index (Phi) is 9.82. The first-order valence-corrected chi connectivity index (χ1v) is 23.0. The molecule has 3 heterocycles. The van der Waals surface area contributed by atoms with Crippen LogP contribution in [0.15, 0.2) is 170 Å². The number of rotatable bonds is 9. The molecular weight excluding hydrogens is 809 g/mol. The first kappa shape index (κ1) is 40.7. The largest absolute Gasteiger partial charge is 0.309 e. The molecule has 6 nitrogen and oxygen atoms in total. The molecule has 2 amide bonds. The number of hydrogen-bond acceptors (Lipinski definition) is 3. The van der Waals surface area contributed by atoms with Crippen LogP contribution in [0.5, 0.6) is 0 Å². The fraction of sp³-hybridized carbons (Fsp3) is 0.150. The van der Waals surface area contributed by atoms with Crippen LogP contribution in [0.1, 0.15) is 84.4 Å². The van der Waals surface area contributed by atoms with E-state index in [4.69, 9.17) is 0 Å². The number of amides is 2. The van der Waals surface area contributed by atoms with Gasteiger partial charge in [-0.25, -0.2) is 4.90 Å². The molecule has 1 aliphatic rings. The van der Waals surface area contributed by atoms with E-state index in [1.54, 1.807) is 6.07 Å². The minimum Gasteiger partial charge on any atom is -0.309 e. The van der Waals surface area contributed by atoms with E-state index in [1.807, 2.05) is 84.9 Å². The van der Waals surface area contributed by atoms with Gasteiger partial charge in [-0.1, -0.05) is 162 Å². The van der Waals surface area contributed by atoms with Crippen molar-refractivity contribution < 1.29 is 9.59 Å². The summed E-state index contributed by atoms with van der Waals surface area (Å²) in [4.78, 5) is 31.5. The number of fused-ring (bicyclic) bond motifs is 7. The van der Waals surface area contributed by atoms with Crippen molar-refractivity contribution in [1.29, 1.82) is 5.26 Å². The lowest BCUT2D eigenvalue weighted by Crippen LogP contribution is -2.30. The third-order valence-electron chi connectivity index (χ3n) is 13.5. The summed E-state index contributed by atoms with van der Waals surface area (Å²) in [5.74, 6) is -0.767. The highest BCUT2D eigenvalue weighted by Gasteiger charge is 2.40. The summed E-state index contributed by atoms with van der Waals surface area (Å²) in [5, 5.41) is 15.7. The quantitative estimate of drug-likeness (QED) is 0.107. The van der Waals surface area contributed by atoms with E-state index in [0.717, 1.165) is 91.7 Å². The summed E-state index contributed by atoms with van der Waals surface area (Å²) in [6.07, 6.45) is 4.35. The molecule has 0 fully saturated rings. The van der Waals surface area contributed by atoms with Crippen LogP contribution >= 0.6 is 0 Å². The van der Waals surface area contributed by atoms with Gasteiger partial charge in [0.15, 0.2) is 0 Å². The first-order chi connectivity index (χ1) is 32.2. The van der Waals surface area contributed by atoms with Crippen molar-refractivity contribution in [3.8, 4) is 39.7 Å². The molecule has 10 aromatic rings. The monoisotopic (exact) mass is 856 g/mol. The molecule has 0 aliphatic carbocycles. The normalized spacial score (nSPS) is 12.8. The average Bonchev–Trinajstić information content (AvgIpc) is 3.94. The summed E-state index contributed by atoms with van der Waals surface area (Å²) in [5.41, 5.74) is 12.4. The van der Waals surface area contributed by atoms with E-state index >= 15 is 4.79 Å². The smallest absolute Gasteiger partial charge is 0.266 e. The lowest BCUT2D eigenvalue weighted by Gasteiger charge is -2.22. The zero-order valence-electron chi connectivity index (χ0n) is 37.6. The number of anilines is 1. The number of unbranched alkanes of at least 4 members (excludes halogenated alkanes) is 2. The van der Waals surface area contributed by atoms with Crippen LogP contribution in [0.4, 0.5) is 5.69 Å². The third kappa shape index (κ3) is 6.45. The molecule has 0 spiro atoms. The van der Waals surface area contributed by atoms with Gasteiger partial charge in [-0.3, -0.25) is 9.59 Å². The molecule has 66 heavy (non-hydrogen) atoms. The molecule has 0 N–H and O–H groups in total. The summed E-state index contributed by atoms with van der Waals surface area (Å²) in [6.45, 7) is 8.87. The maximum atomic E-state index is 15.3. The van der Waals surface area contributed by atoms with Crippen molar-refractivity contribution in [2.45, 2.75) is 58.8 Å². The van der Waals surface area contributed by atoms with Crippen LogP contribution < -0.4 is 4.90 Å². The van der Waals surface area contributed by atoms with Crippen molar-refractivity contribution in [3.05, 3.63) is 198 Å². The Morgan fingerprint density at radius 1 is 0.500 bits per heavy atom. The van der Waals surface area contributed by atoms with Crippen molar-refractivity contribution in [2.24, 2.45) is 0 Å². The number of carbonyl (C=O) groups excluding carboxylic acids is 2. The minimum atomic E-state index is -0.392.